The molecule has 2 nitrogen and oxygen atoms in total. The molecule has 0 amide bonds. The summed E-state index contributed by atoms with van der Waals surface area (Å²) in [6, 6.07) is 2.14. The van der Waals surface area contributed by atoms with Gasteiger partial charge in [0.1, 0.15) is 0 Å². The summed E-state index contributed by atoms with van der Waals surface area (Å²) < 4.78 is 0. The highest BCUT2D eigenvalue weighted by Crippen LogP contribution is 2.20. The molecule has 1 aromatic heterocycles. The summed E-state index contributed by atoms with van der Waals surface area (Å²) in [5.41, 5.74) is 2.33. The van der Waals surface area contributed by atoms with Crippen molar-refractivity contribution in [3.8, 4) is 0 Å². The van der Waals surface area contributed by atoms with Crippen LogP contribution < -0.4 is 4.90 Å². The second-order valence-corrected chi connectivity index (χ2v) is 3.37. The number of pyridine rings is 1. The summed E-state index contributed by atoms with van der Waals surface area (Å²) in [4.78, 5) is 6.56. The number of rotatable bonds is 2. The number of anilines is 1. The average molecular weight is 174 g/mol. The number of hydrogen-bond donors (Lipinski definition) is 0. The van der Waals surface area contributed by atoms with Crippen LogP contribution in [0.3, 0.4) is 0 Å². The third-order valence-electron chi connectivity index (χ3n) is 2.45. The lowest BCUT2D eigenvalue weighted by molar-refractivity contribution is 0.949. The second-order valence-electron chi connectivity index (χ2n) is 3.37. The quantitative estimate of drug-likeness (QED) is 0.684. The molecule has 0 radical (unpaired) electrons. The minimum Gasteiger partial charge on any atom is -0.370 e. The zero-order valence-corrected chi connectivity index (χ0v) is 7.74. The van der Waals surface area contributed by atoms with Gasteiger partial charge in [-0.2, -0.15) is 0 Å². The van der Waals surface area contributed by atoms with E-state index in [1.54, 1.807) is 0 Å². The van der Waals surface area contributed by atoms with Gasteiger partial charge in [0.05, 0.1) is 11.9 Å². The van der Waals surface area contributed by atoms with E-state index in [-0.39, 0.29) is 0 Å². The fourth-order valence-corrected chi connectivity index (χ4v) is 1.70. The van der Waals surface area contributed by atoms with Gasteiger partial charge in [-0.1, -0.05) is 12.7 Å². The first-order chi connectivity index (χ1) is 6.40. The third-order valence-corrected chi connectivity index (χ3v) is 2.45. The van der Waals surface area contributed by atoms with Gasteiger partial charge >= 0.3 is 0 Å². The molecule has 0 spiro atoms. The molecule has 1 fully saturated rings. The van der Waals surface area contributed by atoms with E-state index in [0.717, 1.165) is 5.56 Å². The van der Waals surface area contributed by atoms with Crippen molar-refractivity contribution in [1.82, 2.24) is 4.98 Å². The van der Waals surface area contributed by atoms with Gasteiger partial charge in [0.15, 0.2) is 0 Å². The first-order valence-electron chi connectivity index (χ1n) is 4.72. The lowest BCUT2D eigenvalue weighted by Crippen LogP contribution is -2.17. The van der Waals surface area contributed by atoms with Crippen molar-refractivity contribution in [2.24, 2.45) is 0 Å². The Hall–Kier alpha value is -1.31. The molecular weight excluding hydrogens is 160 g/mol. The van der Waals surface area contributed by atoms with E-state index in [9.17, 15) is 0 Å². The molecule has 2 rings (SSSR count). The highest BCUT2D eigenvalue weighted by atomic mass is 15.1. The molecule has 0 atom stereocenters. The molecule has 0 bridgehead atoms. The Kier molecular flexibility index (Phi) is 2.30. The molecule has 0 aliphatic carbocycles. The average Bonchev–Trinajstić information content (AvgIpc) is 2.71. The Labute approximate surface area is 78.9 Å². The van der Waals surface area contributed by atoms with Crippen molar-refractivity contribution in [1.29, 1.82) is 0 Å². The van der Waals surface area contributed by atoms with Gasteiger partial charge in [0.25, 0.3) is 0 Å². The van der Waals surface area contributed by atoms with Crippen LogP contribution in [0.15, 0.2) is 25.0 Å². The minimum absolute atomic E-state index is 1.10. The van der Waals surface area contributed by atoms with E-state index in [2.05, 4.69) is 22.5 Å². The van der Waals surface area contributed by atoms with E-state index in [4.69, 9.17) is 0 Å². The molecule has 1 aliphatic rings. The van der Waals surface area contributed by atoms with Crippen LogP contribution in [0.1, 0.15) is 18.4 Å². The second kappa shape index (κ2) is 3.60. The van der Waals surface area contributed by atoms with Gasteiger partial charge in [-0.25, -0.2) is 0 Å². The predicted molar refractivity (Wildman–Crippen MR) is 55.8 cm³/mol. The molecule has 1 aromatic rings. The van der Waals surface area contributed by atoms with E-state index < -0.39 is 0 Å². The number of aromatic nitrogens is 1. The van der Waals surface area contributed by atoms with Crippen LogP contribution in [0, 0.1) is 0 Å². The van der Waals surface area contributed by atoms with Crippen LogP contribution in [-0.4, -0.2) is 18.1 Å². The van der Waals surface area contributed by atoms with Gasteiger partial charge in [0, 0.05) is 19.3 Å². The topological polar surface area (TPSA) is 16.1 Å². The molecule has 1 saturated heterocycles. The molecule has 0 saturated carbocycles. The summed E-state index contributed by atoms with van der Waals surface area (Å²) in [5, 5.41) is 0. The largest absolute Gasteiger partial charge is 0.370 e. The first-order valence-corrected chi connectivity index (χ1v) is 4.72. The van der Waals surface area contributed by atoms with Gasteiger partial charge in [-0.3, -0.25) is 4.98 Å². The number of nitrogens with zero attached hydrogens (tertiary/aromatic N) is 2. The Morgan fingerprint density at radius 3 is 2.77 bits per heavy atom. The van der Waals surface area contributed by atoms with Crippen LogP contribution in [0.5, 0.6) is 0 Å². The molecule has 2 heterocycles. The Morgan fingerprint density at radius 1 is 1.31 bits per heavy atom. The summed E-state index contributed by atoms with van der Waals surface area (Å²) in [6.07, 6.45) is 8.22. The van der Waals surface area contributed by atoms with Crippen LogP contribution in [0.2, 0.25) is 0 Å². The van der Waals surface area contributed by atoms with Crippen LogP contribution in [0.25, 0.3) is 6.08 Å². The minimum atomic E-state index is 1.10. The fourth-order valence-electron chi connectivity index (χ4n) is 1.70. The van der Waals surface area contributed by atoms with Crippen LogP contribution >= 0.6 is 0 Å². The van der Waals surface area contributed by atoms with Gasteiger partial charge in [-0.05, 0) is 24.5 Å². The zero-order chi connectivity index (χ0) is 9.10. The summed E-state index contributed by atoms with van der Waals surface area (Å²) in [6.45, 7) is 6.08. The van der Waals surface area contributed by atoms with Crippen molar-refractivity contribution in [3.05, 3.63) is 30.6 Å². The maximum atomic E-state index is 4.19. The lowest BCUT2D eigenvalue weighted by Gasteiger charge is -2.16. The molecular formula is C11H14N2. The van der Waals surface area contributed by atoms with Crippen molar-refractivity contribution in [2.45, 2.75) is 12.8 Å². The van der Waals surface area contributed by atoms with Gasteiger partial charge < -0.3 is 4.90 Å². The highest BCUT2D eigenvalue weighted by molar-refractivity contribution is 5.55. The Bertz CT molecular complexity index is 301. The molecule has 13 heavy (non-hydrogen) atoms. The SMILES string of the molecule is C=Cc1cncc(N2CCCC2)c1. The fraction of sp³-hybridized carbons (Fsp3) is 0.364. The normalized spacial score (nSPS) is 16.2. The van der Waals surface area contributed by atoms with Crippen LogP contribution in [0.4, 0.5) is 5.69 Å². The van der Waals surface area contributed by atoms with Crippen molar-refractivity contribution < 1.29 is 0 Å². The maximum Gasteiger partial charge on any atom is 0.0558 e. The van der Waals surface area contributed by atoms with E-state index in [0.29, 0.717) is 0 Å². The molecule has 0 aromatic carbocycles. The lowest BCUT2D eigenvalue weighted by atomic mass is 10.2. The van der Waals surface area contributed by atoms with E-state index in [1.807, 2.05) is 18.5 Å². The highest BCUT2D eigenvalue weighted by Gasteiger charge is 2.11. The standard InChI is InChI=1S/C11H14N2/c1-2-10-7-11(9-12-8-10)13-5-3-4-6-13/h2,7-9H,1,3-6H2. The van der Waals surface area contributed by atoms with E-state index in [1.165, 1.54) is 31.6 Å². The Morgan fingerprint density at radius 2 is 2.08 bits per heavy atom. The molecule has 1 aliphatic heterocycles. The van der Waals surface area contributed by atoms with Gasteiger partial charge in [0.2, 0.25) is 0 Å². The zero-order valence-electron chi connectivity index (χ0n) is 7.74. The smallest absolute Gasteiger partial charge is 0.0558 e. The first kappa shape index (κ1) is 8.30. The van der Waals surface area contributed by atoms with Gasteiger partial charge in [-0.15, -0.1) is 0 Å². The van der Waals surface area contributed by atoms with Crippen molar-refractivity contribution in [3.63, 3.8) is 0 Å². The monoisotopic (exact) mass is 174 g/mol. The molecule has 2 heteroatoms. The number of hydrogen-bond acceptors (Lipinski definition) is 2. The summed E-state index contributed by atoms with van der Waals surface area (Å²) >= 11 is 0. The maximum absolute atomic E-state index is 4.19. The van der Waals surface area contributed by atoms with Crippen molar-refractivity contribution in [2.75, 3.05) is 18.0 Å². The Balaban J connectivity index is 2.23. The summed E-state index contributed by atoms with van der Waals surface area (Å²) in [7, 11) is 0. The molecule has 0 N–H and O–H groups in total. The third kappa shape index (κ3) is 1.72. The van der Waals surface area contributed by atoms with Crippen molar-refractivity contribution >= 4 is 11.8 Å². The molecule has 68 valence electrons. The van der Waals surface area contributed by atoms with E-state index >= 15 is 0 Å². The van der Waals surface area contributed by atoms with Crippen LogP contribution in [-0.2, 0) is 0 Å². The predicted octanol–water partition coefficient (Wildman–Crippen LogP) is 2.32. The summed E-state index contributed by atoms with van der Waals surface area (Å²) in [5.74, 6) is 0. The molecule has 0 unspecified atom stereocenters.